The van der Waals surface area contributed by atoms with Crippen LogP contribution in [0, 0.1) is 12.5 Å². The molecule has 1 aromatic carbocycles. The van der Waals surface area contributed by atoms with Gasteiger partial charge in [-0.3, -0.25) is 24.1 Å². The number of hydrogen-bond acceptors (Lipinski definition) is 8. The maximum Gasteiger partial charge on any atom is 0.408 e. The van der Waals surface area contributed by atoms with Crippen LogP contribution < -0.4 is 16.4 Å². The van der Waals surface area contributed by atoms with Gasteiger partial charge < -0.3 is 30.9 Å². The molecule has 0 radical (unpaired) electrons. The number of aromatic hydroxyl groups is 1. The minimum Gasteiger partial charge on any atom is -0.508 e. The molecule has 0 saturated carbocycles. The highest BCUT2D eigenvalue weighted by Crippen LogP contribution is 2.24. The number of esters is 1. The summed E-state index contributed by atoms with van der Waals surface area (Å²) >= 11 is 0. The number of hydrogen-bond donors (Lipinski definition) is 4. The fourth-order valence-corrected chi connectivity index (χ4v) is 2.83. The summed E-state index contributed by atoms with van der Waals surface area (Å²) in [5, 5.41) is 14.3. The number of nitrogens with zero attached hydrogens (tertiary/aromatic N) is 1. The number of nitrogens with two attached hydrogens (primary N) is 1. The monoisotopic (exact) mass is 490 g/mol. The van der Waals surface area contributed by atoms with Crippen LogP contribution in [0.25, 0.3) is 0 Å². The number of terminal acetylenes is 1. The van der Waals surface area contributed by atoms with Crippen molar-refractivity contribution in [2.45, 2.75) is 51.3 Å². The van der Waals surface area contributed by atoms with Gasteiger partial charge in [0.25, 0.3) is 5.91 Å². The molecule has 0 spiro atoms. The van der Waals surface area contributed by atoms with Crippen LogP contribution in [0.5, 0.6) is 5.75 Å². The second-order valence-corrected chi connectivity index (χ2v) is 8.33. The van der Waals surface area contributed by atoms with E-state index in [-0.39, 0.29) is 24.2 Å². The molecule has 2 unspecified atom stereocenters. The number of amides is 4. The molecule has 2 atom stereocenters. The van der Waals surface area contributed by atoms with Gasteiger partial charge in [0, 0.05) is 12.5 Å². The normalized spacial score (nSPS) is 12.3. The predicted molar refractivity (Wildman–Crippen MR) is 123 cm³/mol. The van der Waals surface area contributed by atoms with Gasteiger partial charge in [0.2, 0.25) is 11.8 Å². The quantitative estimate of drug-likeness (QED) is 0.205. The summed E-state index contributed by atoms with van der Waals surface area (Å²) in [4.78, 5) is 62.3. The Morgan fingerprint density at radius 2 is 1.77 bits per heavy atom. The van der Waals surface area contributed by atoms with Gasteiger partial charge in [0.15, 0.2) is 0 Å². The summed E-state index contributed by atoms with van der Waals surface area (Å²) in [7, 11) is 1.13. The van der Waals surface area contributed by atoms with Gasteiger partial charge >= 0.3 is 12.1 Å². The van der Waals surface area contributed by atoms with Crippen molar-refractivity contribution >= 4 is 29.8 Å². The second kappa shape index (κ2) is 12.8. The van der Waals surface area contributed by atoms with Crippen molar-refractivity contribution in [3.05, 3.63) is 29.8 Å². The van der Waals surface area contributed by atoms with E-state index in [0.717, 1.165) is 7.11 Å². The summed E-state index contributed by atoms with van der Waals surface area (Å²) < 4.78 is 9.67. The van der Waals surface area contributed by atoms with E-state index in [9.17, 15) is 29.1 Å². The number of carbonyl (C=O) groups excluding carboxylic acids is 5. The molecular formula is C23H30N4O8. The Morgan fingerprint density at radius 3 is 2.26 bits per heavy atom. The van der Waals surface area contributed by atoms with Crippen molar-refractivity contribution in [1.29, 1.82) is 0 Å². The van der Waals surface area contributed by atoms with Crippen molar-refractivity contribution in [2.24, 2.45) is 5.73 Å². The Morgan fingerprint density at radius 1 is 1.17 bits per heavy atom. The SMILES string of the molecule is C#CN(C(=O)C(CCC(N)=O)NC(=O)OC(C)(C)C)C(C(=O)NCC(=O)OC)c1ccc(O)cc1. The van der Waals surface area contributed by atoms with Crippen LogP contribution in [0.15, 0.2) is 24.3 Å². The summed E-state index contributed by atoms with van der Waals surface area (Å²) in [5.41, 5.74) is 4.51. The summed E-state index contributed by atoms with van der Waals surface area (Å²) in [6, 6.07) is 4.55. The molecule has 0 aliphatic rings. The fraction of sp³-hybridized carbons (Fsp3) is 0.435. The number of nitrogens with one attached hydrogen (secondary N) is 2. The molecule has 0 aliphatic heterocycles. The van der Waals surface area contributed by atoms with Gasteiger partial charge in [-0.05, 0) is 44.9 Å². The molecule has 12 heteroatoms. The molecular weight excluding hydrogens is 460 g/mol. The average molecular weight is 491 g/mol. The lowest BCUT2D eigenvalue weighted by Crippen LogP contribution is -2.52. The average Bonchev–Trinajstić information content (AvgIpc) is 2.77. The highest BCUT2D eigenvalue weighted by Gasteiger charge is 2.36. The fourth-order valence-electron chi connectivity index (χ4n) is 2.83. The largest absolute Gasteiger partial charge is 0.508 e. The third kappa shape index (κ3) is 9.63. The predicted octanol–water partition coefficient (Wildman–Crippen LogP) is 0.301. The molecule has 35 heavy (non-hydrogen) atoms. The summed E-state index contributed by atoms with van der Waals surface area (Å²) in [6.45, 7) is 4.35. The van der Waals surface area contributed by atoms with Gasteiger partial charge in [-0.15, -0.1) is 0 Å². The number of carbonyl (C=O) groups is 5. The Bertz CT molecular complexity index is 979. The van der Waals surface area contributed by atoms with Crippen molar-refractivity contribution in [3.8, 4) is 18.2 Å². The zero-order valence-corrected chi connectivity index (χ0v) is 20.0. The third-order valence-corrected chi connectivity index (χ3v) is 4.39. The standard InChI is InChI=1S/C23H30N4O8/c1-6-27(21(32)16(11-12-17(24)29)26-22(33)35-23(2,3)4)19(14-7-9-15(28)10-8-14)20(31)25-13-18(30)34-5/h1,7-10,16,19,28H,11-13H2,2-5H3,(H2,24,29)(H,25,31)(H,26,33). The van der Waals surface area contributed by atoms with Crippen molar-refractivity contribution in [1.82, 2.24) is 15.5 Å². The first-order valence-electron chi connectivity index (χ1n) is 10.5. The lowest BCUT2D eigenvalue weighted by atomic mass is 10.0. The van der Waals surface area contributed by atoms with E-state index in [2.05, 4.69) is 21.4 Å². The van der Waals surface area contributed by atoms with Crippen molar-refractivity contribution < 1.29 is 38.6 Å². The molecule has 1 aromatic rings. The minimum atomic E-state index is -1.46. The second-order valence-electron chi connectivity index (χ2n) is 8.33. The zero-order valence-electron chi connectivity index (χ0n) is 20.0. The number of methoxy groups -OCH3 is 1. The van der Waals surface area contributed by atoms with Gasteiger partial charge in [0.05, 0.1) is 7.11 Å². The van der Waals surface area contributed by atoms with E-state index in [0.29, 0.717) is 4.90 Å². The van der Waals surface area contributed by atoms with Crippen LogP contribution in [0.1, 0.15) is 45.2 Å². The topological polar surface area (TPSA) is 177 Å². The lowest BCUT2D eigenvalue weighted by Gasteiger charge is -2.30. The first-order valence-corrected chi connectivity index (χ1v) is 10.5. The van der Waals surface area contributed by atoms with Crippen LogP contribution in [-0.2, 0) is 28.7 Å². The number of alkyl carbamates (subject to hydrolysis) is 1. The number of rotatable bonds is 10. The van der Waals surface area contributed by atoms with Gasteiger partial charge in [0.1, 0.15) is 30.0 Å². The van der Waals surface area contributed by atoms with E-state index < -0.39 is 54.0 Å². The highest BCUT2D eigenvalue weighted by molar-refractivity contribution is 5.94. The molecule has 0 aromatic heterocycles. The Kier molecular flexibility index (Phi) is 10.5. The molecule has 12 nitrogen and oxygen atoms in total. The number of benzene rings is 1. The zero-order chi connectivity index (χ0) is 26.8. The smallest absolute Gasteiger partial charge is 0.408 e. The van der Waals surface area contributed by atoms with Gasteiger partial charge in [-0.25, -0.2) is 4.79 Å². The van der Waals surface area contributed by atoms with E-state index in [1.807, 2.05) is 0 Å². The van der Waals surface area contributed by atoms with E-state index in [1.54, 1.807) is 20.8 Å². The summed E-state index contributed by atoms with van der Waals surface area (Å²) in [5.74, 6) is -3.32. The molecule has 0 bridgehead atoms. The molecule has 5 N–H and O–H groups in total. The molecule has 4 amide bonds. The summed E-state index contributed by atoms with van der Waals surface area (Å²) in [6.07, 6.45) is 4.14. The first kappa shape index (κ1) is 28.8. The molecule has 0 aliphatic carbocycles. The van der Waals surface area contributed by atoms with E-state index >= 15 is 0 Å². The van der Waals surface area contributed by atoms with Crippen LogP contribution in [0.4, 0.5) is 4.79 Å². The Hall–Kier alpha value is -4.27. The van der Waals surface area contributed by atoms with E-state index in [1.165, 1.54) is 24.3 Å². The third-order valence-electron chi connectivity index (χ3n) is 4.39. The Balaban J connectivity index is 3.35. The van der Waals surface area contributed by atoms with Crippen LogP contribution >= 0.6 is 0 Å². The number of ether oxygens (including phenoxy) is 2. The van der Waals surface area contributed by atoms with E-state index in [4.69, 9.17) is 16.9 Å². The lowest BCUT2D eigenvalue weighted by molar-refractivity contribution is -0.142. The maximum atomic E-state index is 13.4. The van der Waals surface area contributed by atoms with Gasteiger partial charge in [-0.2, -0.15) is 0 Å². The van der Waals surface area contributed by atoms with Crippen LogP contribution in [0.3, 0.4) is 0 Å². The number of phenolic OH excluding ortho intramolecular Hbond substituents is 1. The van der Waals surface area contributed by atoms with Crippen LogP contribution in [0.2, 0.25) is 0 Å². The molecule has 190 valence electrons. The molecule has 1 rings (SSSR count). The molecule has 0 fully saturated rings. The molecule has 0 saturated heterocycles. The minimum absolute atomic E-state index is 0.105. The van der Waals surface area contributed by atoms with Crippen LogP contribution in [-0.4, -0.2) is 65.1 Å². The first-order chi connectivity index (χ1) is 16.3. The highest BCUT2D eigenvalue weighted by atomic mass is 16.6. The maximum absolute atomic E-state index is 13.4. The Labute approximate surface area is 203 Å². The van der Waals surface area contributed by atoms with Crippen molar-refractivity contribution in [3.63, 3.8) is 0 Å². The molecule has 0 heterocycles. The van der Waals surface area contributed by atoms with Crippen molar-refractivity contribution in [2.75, 3.05) is 13.7 Å². The number of phenols is 1. The number of primary amides is 1. The van der Waals surface area contributed by atoms with Gasteiger partial charge in [-0.1, -0.05) is 18.6 Å².